The predicted molar refractivity (Wildman–Crippen MR) is 40.0 cm³/mol. The number of aromatic nitrogens is 1. The molecular formula is C8H7NO4-2. The largest absolute Gasteiger partial charge is 0.872 e. The average molecular weight is 181 g/mol. The minimum absolute atomic E-state index is 0.109. The Hall–Kier alpha value is -1.78. The van der Waals surface area contributed by atoms with E-state index in [1.165, 1.54) is 6.92 Å². The summed E-state index contributed by atoms with van der Waals surface area (Å²) in [6.07, 6.45) is -0.447. The number of aliphatic carboxylic acids is 1. The van der Waals surface area contributed by atoms with Gasteiger partial charge < -0.3 is 20.0 Å². The SMILES string of the molecule is Cc1c([O-])cc(=O)[nH]c1CC(=O)[O-]. The van der Waals surface area contributed by atoms with Crippen LogP contribution < -0.4 is 15.8 Å². The second kappa shape index (κ2) is 3.30. The van der Waals surface area contributed by atoms with Crippen molar-refractivity contribution in [1.29, 1.82) is 0 Å². The lowest BCUT2D eigenvalue weighted by Crippen LogP contribution is -2.26. The monoisotopic (exact) mass is 181 g/mol. The summed E-state index contributed by atoms with van der Waals surface area (Å²) in [6.45, 7) is 1.45. The lowest BCUT2D eigenvalue weighted by Gasteiger charge is -2.13. The minimum Gasteiger partial charge on any atom is -0.872 e. The maximum atomic E-state index is 11.0. The first-order chi connectivity index (χ1) is 6.00. The lowest BCUT2D eigenvalue weighted by molar-refractivity contribution is -0.304. The van der Waals surface area contributed by atoms with Crippen LogP contribution in [0.3, 0.4) is 0 Å². The number of aromatic amines is 1. The Morgan fingerprint density at radius 2 is 2.23 bits per heavy atom. The first-order valence-electron chi connectivity index (χ1n) is 3.60. The van der Waals surface area contributed by atoms with E-state index in [4.69, 9.17) is 0 Å². The Morgan fingerprint density at radius 3 is 2.77 bits per heavy atom. The third-order valence-corrected chi connectivity index (χ3v) is 1.68. The molecule has 0 fully saturated rings. The standard InChI is InChI=1S/C8H9NO4/c1-4-5(2-8(12)13)9-7(11)3-6(4)10/h3H,2H2,1H3,(H,12,13)(H2,9,10,11)/p-2. The van der Waals surface area contributed by atoms with E-state index in [-0.39, 0.29) is 11.3 Å². The van der Waals surface area contributed by atoms with Crippen LogP contribution in [0, 0.1) is 6.92 Å². The normalized spacial score (nSPS) is 9.92. The maximum absolute atomic E-state index is 11.0. The molecule has 0 amide bonds. The van der Waals surface area contributed by atoms with Crippen LogP contribution in [0.15, 0.2) is 10.9 Å². The number of hydrogen-bond donors (Lipinski definition) is 1. The quantitative estimate of drug-likeness (QED) is 0.573. The summed E-state index contributed by atoms with van der Waals surface area (Å²) in [5.74, 6) is -1.79. The maximum Gasteiger partial charge on any atom is 0.247 e. The highest BCUT2D eigenvalue weighted by Crippen LogP contribution is 2.11. The van der Waals surface area contributed by atoms with Crippen molar-refractivity contribution in [2.24, 2.45) is 0 Å². The van der Waals surface area contributed by atoms with Crippen LogP contribution >= 0.6 is 0 Å². The van der Waals surface area contributed by atoms with Gasteiger partial charge in [-0.15, -0.1) is 0 Å². The third kappa shape index (κ3) is 2.08. The van der Waals surface area contributed by atoms with Crippen molar-refractivity contribution in [2.75, 3.05) is 0 Å². The molecule has 1 heterocycles. The molecule has 0 saturated carbocycles. The van der Waals surface area contributed by atoms with Gasteiger partial charge in [-0.25, -0.2) is 0 Å². The van der Waals surface area contributed by atoms with Crippen molar-refractivity contribution in [1.82, 2.24) is 4.98 Å². The third-order valence-electron chi connectivity index (χ3n) is 1.68. The Balaban J connectivity index is 3.20. The number of carboxylic acids is 1. The van der Waals surface area contributed by atoms with E-state index >= 15 is 0 Å². The zero-order chi connectivity index (χ0) is 10.0. The van der Waals surface area contributed by atoms with E-state index in [2.05, 4.69) is 4.98 Å². The van der Waals surface area contributed by atoms with Crippen molar-refractivity contribution in [3.63, 3.8) is 0 Å². The van der Waals surface area contributed by atoms with Gasteiger partial charge >= 0.3 is 0 Å². The Morgan fingerprint density at radius 1 is 1.62 bits per heavy atom. The summed E-state index contributed by atoms with van der Waals surface area (Å²) < 4.78 is 0. The fourth-order valence-corrected chi connectivity index (χ4v) is 0.976. The molecule has 0 saturated heterocycles. The highest BCUT2D eigenvalue weighted by atomic mass is 16.4. The fraction of sp³-hybridized carbons (Fsp3) is 0.250. The summed E-state index contributed by atoms with van der Waals surface area (Å²) in [5, 5.41) is 21.2. The second-order valence-corrected chi connectivity index (χ2v) is 2.65. The van der Waals surface area contributed by atoms with Crippen LogP contribution in [0.5, 0.6) is 5.75 Å². The molecule has 0 bridgehead atoms. The molecule has 1 N–H and O–H groups in total. The molecule has 0 radical (unpaired) electrons. The molecule has 0 atom stereocenters. The zero-order valence-corrected chi connectivity index (χ0v) is 6.92. The van der Waals surface area contributed by atoms with Crippen molar-refractivity contribution >= 4 is 5.97 Å². The van der Waals surface area contributed by atoms with Gasteiger partial charge in [-0.1, -0.05) is 5.75 Å². The van der Waals surface area contributed by atoms with Gasteiger partial charge in [0.05, 0.1) is 0 Å². The number of nitrogens with one attached hydrogen (secondary N) is 1. The number of hydrogen-bond acceptors (Lipinski definition) is 4. The van der Waals surface area contributed by atoms with Crippen molar-refractivity contribution < 1.29 is 15.0 Å². The van der Waals surface area contributed by atoms with Crippen LogP contribution in [0.25, 0.3) is 0 Å². The number of pyridine rings is 1. The predicted octanol–water partition coefficient (Wildman–Crippen LogP) is -1.95. The van der Waals surface area contributed by atoms with E-state index in [0.717, 1.165) is 6.07 Å². The van der Waals surface area contributed by atoms with Crippen LogP contribution in [-0.4, -0.2) is 11.0 Å². The number of carboxylic acid groups (broad SMARTS) is 1. The molecule has 0 unspecified atom stereocenters. The van der Waals surface area contributed by atoms with Gasteiger partial charge in [0.1, 0.15) is 0 Å². The van der Waals surface area contributed by atoms with Crippen molar-refractivity contribution in [2.45, 2.75) is 13.3 Å². The van der Waals surface area contributed by atoms with Crippen molar-refractivity contribution in [3.8, 4) is 5.75 Å². The molecule has 5 heteroatoms. The van der Waals surface area contributed by atoms with Crippen LogP contribution in [0.4, 0.5) is 0 Å². The van der Waals surface area contributed by atoms with Gasteiger partial charge in [0.2, 0.25) is 5.56 Å². The van der Waals surface area contributed by atoms with E-state index in [9.17, 15) is 19.8 Å². The van der Waals surface area contributed by atoms with E-state index in [1.807, 2.05) is 0 Å². The Bertz CT molecular complexity index is 394. The van der Waals surface area contributed by atoms with Gasteiger partial charge in [0.25, 0.3) is 0 Å². The summed E-state index contributed by atoms with van der Waals surface area (Å²) in [6, 6.07) is 0.883. The summed E-state index contributed by atoms with van der Waals surface area (Å²) in [7, 11) is 0. The summed E-state index contributed by atoms with van der Waals surface area (Å²) in [4.78, 5) is 23.3. The molecule has 0 aliphatic heterocycles. The Kier molecular flexibility index (Phi) is 2.36. The first-order valence-corrected chi connectivity index (χ1v) is 3.60. The number of H-pyrrole nitrogens is 1. The number of carbonyl (C=O) groups excluding carboxylic acids is 1. The topological polar surface area (TPSA) is 96.0 Å². The highest BCUT2D eigenvalue weighted by Gasteiger charge is 2.00. The fourth-order valence-electron chi connectivity index (χ4n) is 0.976. The molecule has 1 aromatic heterocycles. The van der Waals surface area contributed by atoms with Crippen LogP contribution in [0.1, 0.15) is 11.3 Å². The second-order valence-electron chi connectivity index (χ2n) is 2.65. The van der Waals surface area contributed by atoms with Gasteiger partial charge in [0, 0.05) is 18.1 Å². The van der Waals surface area contributed by atoms with Gasteiger partial charge in [-0.2, -0.15) is 0 Å². The molecule has 13 heavy (non-hydrogen) atoms. The molecular weight excluding hydrogens is 174 g/mol. The molecule has 5 nitrogen and oxygen atoms in total. The van der Waals surface area contributed by atoms with E-state index in [1.54, 1.807) is 0 Å². The van der Waals surface area contributed by atoms with Crippen LogP contribution in [-0.2, 0) is 11.2 Å². The van der Waals surface area contributed by atoms with Gasteiger partial charge in [-0.05, 0) is 18.6 Å². The molecule has 0 spiro atoms. The summed E-state index contributed by atoms with van der Waals surface area (Å²) >= 11 is 0. The summed E-state index contributed by atoms with van der Waals surface area (Å²) in [5.41, 5.74) is -0.242. The lowest BCUT2D eigenvalue weighted by atomic mass is 10.1. The molecule has 0 aliphatic rings. The Labute approximate surface area is 73.7 Å². The smallest absolute Gasteiger partial charge is 0.247 e. The van der Waals surface area contributed by atoms with Crippen LogP contribution in [0.2, 0.25) is 0 Å². The van der Waals surface area contributed by atoms with Crippen molar-refractivity contribution in [3.05, 3.63) is 27.7 Å². The van der Waals surface area contributed by atoms with Gasteiger partial charge in [0.15, 0.2) is 0 Å². The first kappa shape index (κ1) is 9.31. The molecule has 1 aromatic rings. The zero-order valence-electron chi connectivity index (χ0n) is 6.92. The molecule has 0 aromatic carbocycles. The van der Waals surface area contributed by atoms with E-state index in [0.29, 0.717) is 0 Å². The number of carbonyl (C=O) groups is 1. The van der Waals surface area contributed by atoms with Gasteiger partial charge in [-0.3, -0.25) is 4.79 Å². The molecule has 0 aliphatic carbocycles. The van der Waals surface area contributed by atoms with E-state index < -0.39 is 23.7 Å². The average Bonchev–Trinajstić information content (AvgIpc) is 1.98. The number of rotatable bonds is 2. The minimum atomic E-state index is -1.33. The molecule has 1 rings (SSSR count). The molecule has 70 valence electrons. The highest BCUT2D eigenvalue weighted by molar-refractivity contribution is 5.68.